The zero-order valence-electron chi connectivity index (χ0n) is 39.5. The van der Waals surface area contributed by atoms with Crippen molar-refractivity contribution in [3.63, 3.8) is 0 Å². The Morgan fingerprint density at radius 1 is 0.538 bits per heavy atom. The molecule has 2 aromatic heterocycles. The van der Waals surface area contributed by atoms with Crippen molar-refractivity contribution in [3.05, 3.63) is 199 Å². The summed E-state index contributed by atoms with van der Waals surface area (Å²) in [6.45, 7) is 27.1. The zero-order valence-corrected chi connectivity index (χ0v) is 41.8. The molecular formula is C59H59N4OPt-3. The summed E-state index contributed by atoms with van der Waals surface area (Å²) in [5.41, 5.74) is 11.9. The second-order valence-corrected chi connectivity index (χ2v) is 20.8. The van der Waals surface area contributed by atoms with Crippen molar-refractivity contribution in [1.29, 1.82) is 0 Å². The first kappa shape index (κ1) is 45.7. The Hall–Kier alpha value is -5.90. The summed E-state index contributed by atoms with van der Waals surface area (Å²) in [6, 6.07) is 57.2. The predicted octanol–water partition coefficient (Wildman–Crippen LogP) is 15.5. The summed E-state index contributed by atoms with van der Waals surface area (Å²) in [7, 11) is 0. The van der Waals surface area contributed by atoms with Crippen LogP contribution in [-0.2, 0) is 37.3 Å². The van der Waals surface area contributed by atoms with Gasteiger partial charge in [0, 0.05) is 66.5 Å². The van der Waals surface area contributed by atoms with Gasteiger partial charge >= 0.3 is 0 Å². The van der Waals surface area contributed by atoms with E-state index < -0.39 is 0 Å². The molecule has 3 heterocycles. The fraction of sp³-hybridized carbons (Fsp3) is 0.254. The van der Waals surface area contributed by atoms with Crippen LogP contribution in [0.1, 0.15) is 98.4 Å². The number of hydrogen-bond donors (Lipinski definition) is 0. The van der Waals surface area contributed by atoms with Gasteiger partial charge in [0.1, 0.15) is 5.82 Å². The van der Waals surface area contributed by atoms with Gasteiger partial charge in [-0.05, 0) is 80.6 Å². The molecule has 5 nitrogen and oxygen atoms in total. The van der Waals surface area contributed by atoms with Gasteiger partial charge in [-0.25, -0.2) is 4.98 Å². The van der Waals surface area contributed by atoms with Crippen molar-refractivity contribution in [1.82, 2.24) is 9.55 Å². The Balaban J connectivity index is 0.00000576. The number of rotatable bonds is 8. The van der Waals surface area contributed by atoms with Crippen LogP contribution in [0.5, 0.6) is 11.5 Å². The van der Waals surface area contributed by atoms with Gasteiger partial charge in [-0.15, -0.1) is 53.6 Å². The minimum atomic E-state index is -0.207. The Morgan fingerprint density at radius 2 is 1.22 bits per heavy atom. The molecule has 0 fully saturated rings. The van der Waals surface area contributed by atoms with Crippen molar-refractivity contribution < 1.29 is 25.8 Å². The standard InChI is InChI=1S/C59H59N4O.Pt/c1-56(2,3)43-23-18-24-46(33-43)62-39-61(38-54(62)58(7,8)9)47-31-41(40-19-14-12-15-20-40)32-49(36-47)64-48-26-27-50-51-34-45(59(10,11)42-21-16-13-17-22-42)25-28-52(51)63(53(50)37-48)55-35-44(29-30-60-55)57(4,5)6;/h12-35,38-39H,1-11H3;/q-3;. The predicted molar refractivity (Wildman–Crippen MR) is 267 cm³/mol. The summed E-state index contributed by atoms with van der Waals surface area (Å²) in [5, 5.41) is 2.23. The molecule has 8 aromatic rings. The number of aromatic nitrogens is 2. The second kappa shape index (κ2) is 17.1. The van der Waals surface area contributed by atoms with Gasteiger partial charge in [0.25, 0.3) is 0 Å². The first-order valence-electron chi connectivity index (χ1n) is 22.4. The Morgan fingerprint density at radius 3 is 1.91 bits per heavy atom. The number of ether oxygens (including phenoxy) is 1. The van der Waals surface area contributed by atoms with Crippen LogP contribution in [0.3, 0.4) is 0 Å². The molecule has 0 bridgehead atoms. The molecular weight excluding hydrogens is 976 g/mol. The molecule has 0 saturated carbocycles. The van der Waals surface area contributed by atoms with E-state index in [4.69, 9.17) is 9.72 Å². The maximum Gasteiger partial charge on any atom is 0.135 e. The van der Waals surface area contributed by atoms with Crippen molar-refractivity contribution in [2.24, 2.45) is 5.41 Å². The maximum atomic E-state index is 6.89. The Kier molecular flexibility index (Phi) is 12.0. The summed E-state index contributed by atoms with van der Waals surface area (Å²) in [6.07, 6.45) is 4.15. The van der Waals surface area contributed by atoms with Crippen molar-refractivity contribution in [3.8, 4) is 28.4 Å². The van der Waals surface area contributed by atoms with Crippen LogP contribution in [0.2, 0.25) is 0 Å². The fourth-order valence-corrected chi connectivity index (χ4v) is 8.71. The molecule has 334 valence electrons. The topological polar surface area (TPSA) is 33.5 Å². The summed E-state index contributed by atoms with van der Waals surface area (Å²) >= 11 is 0. The SMILES string of the molecule is CC(C)(C)C1=CN(c2[c-]c(Oc3[c-]c4c(cc3)c3cc(C(C)(C)c5ccccc5)ccc3n4-c3cc(C(C)(C)C)ccn3)cc(-c3ccccc3)c2)[CH-]N1c1cccc(C(C)(C)C)c1.[Pt]. The zero-order chi connectivity index (χ0) is 45.2. The molecule has 6 aromatic carbocycles. The third-order valence-corrected chi connectivity index (χ3v) is 12.7. The molecule has 1 aliphatic heterocycles. The molecule has 9 rings (SSSR count). The van der Waals surface area contributed by atoms with E-state index in [1.54, 1.807) is 0 Å². The largest absolute Gasteiger partial charge is 0.509 e. The van der Waals surface area contributed by atoms with Gasteiger partial charge in [-0.2, -0.15) is 6.07 Å². The third kappa shape index (κ3) is 9.05. The van der Waals surface area contributed by atoms with E-state index in [1.807, 2.05) is 18.3 Å². The van der Waals surface area contributed by atoms with E-state index in [0.717, 1.165) is 50.1 Å². The molecule has 0 aliphatic carbocycles. The number of anilines is 2. The number of benzene rings is 6. The van der Waals surface area contributed by atoms with E-state index in [1.165, 1.54) is 28.0 Å². The number of pyridine rings is 1. The normalized spacial score (nSPS) is 13.6. The second-order valence-electron chi connectivity index (χ2n) is 20.8. The number of hydrogen-bond acceptors (Lipinski definition) is 4. The number of fused-ring (bicyclic) bond motifs is 3. The molecule has 1 aliphatic rings. The van der Waals surface area contributed by atoms with Crippen LogP contribution < -0.4 is 14.5 Å². The third-order valence-electron chi connectivity index (χ3n) is 12.7. The van der Waals surface area contributed by atoms with Crippen molar-refractivity contribution in [2.75, 3.05) is 9.80 Å². The molecule has 0 amide bonds. The summed E-state index contributed by atoms with van der Waals surface area (Å²) in [5.74, 6) is 2.04. The summed E-state index contributed by atoms with van der Waals surface area (Å²) in [4.78, 5) is 9.47. The Bertz CT molecular complexity index is 3030. The number of nitrogens with zero attached hydrogens (tertiary/aromatic N) is 4. The number of allylic oxidation sites excluding steroid dienone is 1. The van der Waals surface area contributed by atoms with E-state index >= 15 is 0 Å². The fourth-order valence-electron chi connectivity index (χ4n) is 8.71. The minimum absolute atomic E-state index is 0. The van der Waals surface area contributed by atoms with Crippen LogP contribution in [-0.4, -0.2) is 9.55 Å². The van der Waals surface area contributed by atoms with Gasteiger partial charge in [0.15, 0.2) is 0 Å². The monoisotopic (exact) mass is 1030 g/mol. The van der Waals surface area contributed by atoms with E-state index in [9.17, 15) is 0 Å². The minimum Gasteiger partial charge on any atom is -0.509 e. The van der Waals surface area contributed by atoms with Gasteiger partial charge in [0.05, 0.1) is 0 Å². The Labute approximate surface area is 401 Å². The first-order valence-corrected chi connectivity index (χ1v) is 22.4. The first-order chi connectivity index (χ1) is 30.3. The molecule has 0 saturated heterocycles. The van der Waals surface area contributed by atoms with E-state index in [-0.39, 0.29) is 42.7 Å². The molecule has 65 heavy (non-hydrogen) atoms. The maximum absolute atomic E-state index is 6.89. The van der Waals surface area contributed by atoms with Crippen LogP contribution in [0.15, 0.2) is 158 Å². The molecule has 6 heteroatoms. The van der Waals surface area contributed by atoms with Gasteiger partial charge in [-0.1, -0.05) is 167 Å². The average molecular weight is 1040 g/mol. The van der Waals surface area contributed by atoms with Crippen molar-refractivity contribution in [2.45, 2.75) is 92.4 Å². The van der Waals surface area contributed by atoms with E-state index in [2.05, 4.69) is 243 Å². The molecule has 0 atom stereocenters. The average Bonchev–Trinajstić information content (AvgIpc) is 3.87. The van der Waals surface area contributed by atoms with Gasteiger partial charge < -0.3 is 19.1 Å². The summed E-state index contributed by atoms with van der Waals surface area (Å²) < 4.78 is 9.13. The van der Waals surface area contributed by atoms with Crippen LogP contribution in [0.4, 0.5) is 11.4 Å². The van der Waals surface area contributed by atoms with Gasteiger partial charge in [0.2, 0.25) is 0 Å². The smallest absolute Gasteiger partial charge is 0.135 e. The van der Waals surface area contributed by atoms with Crippen LogP contribution >= 0.6 is 0 Å². The quantitative estimate of drug-likeness (QED) is 0.142. The molecule has 0 unspecified atom stereocenters. The molecule has 0 N–H and O–H groups in total. The van der Waals surface area contributed by atoms with Gasteiger partial charge in [-0.3, -0.25) is 0 Å². The van der Waals surface area contributed by atoms with Crippen LogP contribution in [0.25, 0.3) is 38.8 Å². The van der Waals surface area contributed by atoms with Crippen molar-refractivity contribution >= 4 is 33.2 Å². The molecule has 0 radical (unpaired) electrons. The molecule has 0 spiro atoms. The van der Waals surface area contributed by atoms with Crippen LogP contribution in [0, 0.1) is 24.2 Å². The van der Waals surface area contributed by atoms with E-state index in [0.29, 0.717) is 11.5 Å².